The van der Waals surface area contributed by atoms with Crippen molar-refractivity contribution in [2.45, 2.75) is 13.5 Å². The lowest BCUT2D eigenvalue weighted by Crippen LogP contribution is -2.30. The number of H-pyrrole nitrogens is 1. The molecule has 5 rings (SSSR count). The highest BCUT2D eigenvalue weighted by Crippen LogP contribution is 2.29. The Morgan fingerprint density at radius 1 is 0.912 bits per heavy atom. The van der Waals surface area contributed by atoms with Gasteiger partial charge in [0.25, 0.3) is 0 Å². The largest absolute Gasteiger partial charge is 0.373 e. The van der Waals surface area contributed by atoms with Gasteiger partial charge in [0.1, 0.15) is 12.2 Å². The third-order valence-electron chi connectivity index (χ3n) is 5.88. The van der Waals surface area contributed by atoms with Crippen LogP contribution in [0.25, 0.3) is 28.3 Å². The number of hydrogen-bond donors (Lipinski definition) is 1. The van der Waals surface area contributed by atoms with Crippen LogP contribution in [0.15, 0.2) is 73.2 Å². The van der Waals surface area contributed by atoms with Crippen molar-refractivity contribution in [1.82, 2.24) is 34.4 Å². The summed E-state index contributed by atoms with van der Waals surface area (Å²) in [5.74, 6) is 0.900. The molecule has 0 aliphatic heterocycles. The summed E-state index contributed by atoms with van der Waals surface area (Å²) < 4.78 is 1.77. The molecule has 0 saturated carbocycles. The topological polar surface area (TPSA) is 78.2 Å². The first-order chi connectivity index (χ1) is 16.6. The number of nitrogens with one attached hydrogen (secondary N) is 1. The van der Waals surface area contributed by atoms with E-state index in [0.29, 0.717) is 6.54 Å². The molecule has 0 amide bonds. The number of fused-ring (bicyclic) bond motifs is 1. The number of pyridine rings is 2. The van der Waals surface area contributed by atoms with E-state index >= 15 is 0 Å². The smallest absolute Gasteiger partial charge is 0.155 e. The zero-order chi connectivity index (χ0) is 23.5. The van der Waals surface area contributed by atoms with E-state index < -0.39 is 0 Å². The van der Waals surface area contributed by atoms with Gasteiger partial charge in [0.15, 0.2) is 5.65 Å². The Balaban J connectivity index is 1.39. The highest BCUT2D eigenvalue weighted by molar-refractivity contribution is 5.77. The molecule has 34 heavy (non-hydrogen) atoms. The van der Waals surface area contributed by atoms with Crippen molar-refractivity contribution in [3.63, 3.8) is 0 Å². The zero-order valence-corrected chi connectivity index (χ0v) is 19.7. The van der Waals surface area contributed by atoms with Gasteiger partial charge in [-0.05, 0) is 50.4 Å². The second-order valence-corrected chi connectivity index (χ2v) is 8.55. The summed E-state index contributed by atoms with van der Waals surface area (Å²) >= 11 is 0. The first-order valence-corrected chi connectivity index (χ1v) is 11.3. The minimum atomic E-state index is 0.701. The van der Waals surface area contributed by atoms with E-state index in [1.54, 1.807) is 10.8 Å². The molecule has 0 spiro atoms. The minimum Gasteiger partial charge on any atom is -0.373 e. The van der Waals surface area contributed by atoms with E-state index in [1.807, 2.05) is 49.5 Å². The van der Waals surface area contributed by atoms with E-state index in [4.69, 9.17) is 9.97 Å². The molecule has 0 radical (unpaired) electrons. The lowest BCUT2D eigenvalue weighted by molar-refractivity contribution is 0.327. The maximum atomic E-state index is 4.99. The van der Waals surface area contributed by atoms with Crippen molar-refractivity contribution in [3.8, 4) is 22.6 Å². The van der Waals surface area contributed by atoms with E-state index in [9.17, 15) is 0 Å². The van der Waals surface area contributed by atoms with Gasteiger partial charge in [-0.2, -0.15) is 5.10 Å². The van der Waals surface area contributed by atoms with Crippen LogP contribution in [0.1, 0.15) is 11.5 Å². The molecule has 0 bridgehead atoms. The third kappa shape index (κ3) is 4.67. The maximum Gasteiger partial charge on any atom is 0.155 e. The summed E-state index contributed by atoms with van der Waals surface area (Å²) in [6.45, 7) is 4.53. The summed E-state index contributed by atoms with van der Waals surface area (Å²) in [5, 5.41) is 4.28. The number of aromatic nitrogens is 6. The molecule has 1 N–H and O–H groups in total. The van der Waals surface area contributed by atoms with Gasteiger partial charge in [0.2, 0.25) is 0 Å². The van der Waals surface area contributed by atoms with Crippen LogP contribution in [0.4, 0.5) is 5.69 Å². The van der Waals surface area contributed by atoms with Crippen LogP contribution in [0.3, 0.4) is 0 Å². The number of rotatable bonds is 8. The fraction of sp³-hybridized carbons (Fsp3) is 0.231. The van der Waals surface area contributed by atoms with Gasteiger partial charge in [0.05, 0.1) is 23.6 Å². The first kappa shape index (κ1) is 21.8. The molecule has 0 atom stereocenters. The van der Waals surface area contributed by atoms with Gasteiger partial charge < -0.3 is 9.88 Å². The van der Waals surface area contributed by atoms with Gasteiger partial charge in [-0.3, -0.25) is 9.88 Å². The summed E-state index contributed by atoms with van der Waals surface area (Å²) in [7, 11) is 4.24. The molecule has 0 fully saturated rings. The number of nitrogens with zero attached hydrogens (tertiary/aromatic N) is 7. The Morgan fingerprint density at radius 2 is 1.76 bits per heavy atom. The lowest BCUT2D eigenvalue weighted by Gasteiger charge is -2.23. The summed E-state index contributed by atoms with van der Waals surface area (Å²) in [6.07, 6.45) is 3.51. The van der Waals surface area contributed by atoms with Crippen LogP contribution in [0.2, 0.25) is 0 Å². The Morgan fingerprint density at radius 3 is 2.59 bits per heavy atom. The fourth-order valence-corrected chi connectivity index (χ4v) is 4.00. The standard InChI is InChI=1S/C26H28N8/c1-19-8-7-11-22(29-19)26-25(20-12-13-24-27-18-28-34(24)16-20)30-23(31-26)17-32(2)14-15-33(3)21-9-5-4-6-10-21/h4-13,16,18H,14-15,17H2,1-3H3,(H,30,31). The van der Waals surface area contributed by atoms with Crippen LogP contribution in [-0.2, 0) is 6.54 Å². The molecule has 0 saturated heterocycles. The molecule has 8 nitrogen and oxygen atoms in total. The monoisotopic (exact) mass is 452 g/mol. The van der Waals surface area contributed by atoms with Crippen LogP contribution in [0, 0.1) is 6.92 Å². The molecule has 5 aromatic rings. The van der Waals surface area contributed by atoms with Crippen molar-refractivity contribution in [2.75, 3.05) is 32.1 Å². The number of aromatic amines is 1. The van der Waals surface area contributed by atoms with E-state index in [2.05, 4.69) is 63.2 Å². The van der Waals surface area contributed by atoms with E-state index in [-0.39, 0.29) is 0 Å². The van der Waals surface area contributed by atoms with Crippen LogP contribution < -0.4 is 4.90 Å². The number of para-hydroxylation sites is 1. The quantitative estimate of drug-likeness (QED) is 0.383. The van der Waals surface area contributed by atoms with Gasteiger partial charge in [0, 0.05) is 43.3 Å². The van der Waals surface area contributed by atoms with Crippen LogP contribution in [-0.4, -0.2) is 61.6 Å². The van der Waals surface area contributed by atoms with Crippen LogP contribution >= 0.6 is 0 Å². The Labute approximate surface area is 198 Å². The average Bonchev–Trinajstić information content (AvgIpc) is 3.49. The van der Waals surface area contributed by atoms with Crippen LogP contribution in [0.5, 0.6) is 0 Å². The van der Waals surface area contributed by atoms with E-state index in [0.717, 1.165) is 52.9 Å². The van der Waals surface area contributed by atoms with Gasteiger partial charge in [-0.25, -0.2) is 14.5 Å². The average molecular weight is 453 g/mol. The molecule has 4 aromatic heterocycles. The summed E-state index contributed by atoms with van der Waals surface area (Å²) in [4.78, 5) is 22.1. The normalized spacial score (nSPS) is 11.4. The molecule has 0 unspecified atom stereocenters. The molecule has 8 heteroatoms. The number of imidazole rings is 1. The summed E-state index contributed by atoms with van der Waals surface area (Å²) in [5.41, 5.74) is 6.59. The number of hydrogen-bond acceptors (Lipinski definition) is 6. The number of benzene rings is 1. The van der Waals surface area contributed by atoms with Crippen molar-refractivity contribution in [2.24, 2.45) is 0 Å². The number of aryl methyl sites for hydroxylation is 1. The third-order valence-corrected chi connectivity index (χ3v) is 5.88. The second-order valence-electron chi connectivity index (χ2n) is 8.55. The minimum absolute atomic E-state index is 0.701. The van der Waals surface area contributed by atoms with Crippen molar-refractivity contribution in [3.05, 3.63) is 84.7 Å². The zero-order valence-electron chi connectivity index (χ0n) is 19.7. The van der Waals surface area contributed by atoms with Gasteiger partial charge >= 0.3 is 0 Å². The molecule has 4 heterocycles. The maximum absolute atomic E-state index is 4.99. The summed E-state index contributed by atoms with van der Waals surface area (Å²) in [6, 6.07) is 20.5. The predicted octanol–water partition coefficient (Wildman–Crippen LogP) is 4.06. The van der Waals surface area contributed by atoms with Gasteiger partial charge in [-0.15, -0.1) is 0 Å². The SMILES string of the molecule is Cc1cccc(-c2[nH]c(CN(C)CCN(C)c3ccccc3)nc2-c2ccc3ncnn3c2)n1. The Kier molecular flexibility index (Phi) is 6.05. The van der Waals surface area contributed by atoms with Gasteiger partial charge in [-0.1, -0.05) is 24.3 Å². The highest BCUT2D eigenvalue weighted by atomic mass is 15.3. The molecular formula is C26H28N8. The Hall–Kier alpha value is -4.04. The molecule has 0 aliphatic carbocycles. The predicted molar refractivity (Wildman–Crippen MR) is 135 cm³/mol. The fourth-order valence-electron chi connectivity index (χ4n) is 4.00. The highest BCUT2D eigenvalue weighted by Gasteiger charge is 2.17. The molecule has 172 valence electrons. The second kappa shape index (κ2) is 9.44. The van der Waals surface area contributed by atoms with Crippen molar-refractivity contribution >= 4 is 11.3 Å². The molecule has 1 aromatic carbocycles. The molecule has 0 aliphatic rings. The lowest BCUT2D eigenvalue weighted by atomic mass is 10.1. The Bertz CT molecular complexity index is 1390. The van der Waals surface area contributed by atoms with Crippen molar-refractivity contribution in [1.29, 1.82) is 0 Å². The number of likely N-dealkylation sites (N-methyl/N-ethyl adjacent to an activating group) is 2. The molecular weight excluding hydrogens is 424 g/mol. The first-order valence-electron chi connectivity index (χ1n) is 11.3. The van der Waals surface area contributed by atoms with Crippen molar-refractivity contribution < 1.29 is 0 Å². The number of anilines is 1. The van der Waals surface area contributed by atoms with E-state index in [1.165, 1.54) is 5.69 Å².